The molecule has 1 unspecified atom stereocenters. The van der Waals surface area contributed by atoms with Gasteiger partial charge < -0.3 is 10.1 Å². The summed E-state index contributed by atoms with van der Waals surface area (Å²) in [4.78, 5) is 8.75. The van der Waals surface area contributed by atoms with E-state index >= 15 is 0 Å². The molecule has 1 N–H and O–H groups in total. The maximum Gasteiger partial charge on any atom is 0.232 e. The minimum Gasteiger partial charge on any atom is -0.476 e. The maximum atomic E-state index is 5.68. The van der Waals surface area contributed by atoms with Crippen molar-refractivity contribution in [2.24, 2.45) is 5.92 Å². The van der Waals surface area contributed by atoms with Gasteiger partial charge in [0.25, 0.3) is 0 Å². The largest absolute Gasteiger partial charge is 0.476 e. The maximum absolute atomic E-state index is 5.68. The SMILES string of the molecule is c1ccc2nc(OCC3CCNC3)cnc2c1. The molecule has 1 aliphatic rings. The van der Waals surface area contributed by atoms with Crippen LogP contribution in [-0.4, -0.2) is 29.7 Å². The standard InChI is InChI=1S/C13H15N3O/c1-2-4-12-11(3-1)15-8-13(16-12)17-9-10-5-6-14-7-10/h1-4,8,10,14H,5-7,9H2. The fourth-order valence-electron chi connectivity index (χ4n) is 2.07. The summed E-state index contributed by atoms with van der Waals surface area (Å²) in [6, 6.07) is 7.82. The van der Waals surface area contributed by atoms with Crippen LogP contribution in [0.4, 0.5) is 0 Å². The van der Waals surface area contributed by atoms with Crippen LogP contribution < -0.4 is 10.1 Å². The average Bonchev–Trinajstić information content (AvgIpc) is 2.89. The first-order chi connectivity index (χ1) is 8.42. The summed E-state index contributed by atoms with van der Waals surface area (Å²) in [5.41, 5.74) is 1.79. The van der Waals surface area contributed by atoms with Crippen molar-refractivity contribution in [1.29, 1.82) is 0 Å². The number of hydrogen-bond donors (Lipinski definition) is 1. The molecule has 1 aliphatic heterocycles. The van der Waals surface area contributed by atoms with E-state index in [1.54, 1.807) is 6.20 Å². The zero-order valence-corrected chi connectivity index (χ0v) is 9.60. The van der Waals surface area contributed by atoms with Gasteiger partial charge in [0.15, 0.2) is 0 Å². The second-order valence-corrected chi connectivity index (χ2v) is 4.37. The Labute approximate surface area is 100 Å². The Kier molecular flexibility index (Phi) is 2.88. The van der Waals surface area contributed by atoms with Crippen molar-refractivity contribution >= 4 is 11.0 Å². The molecule has 0 saturated carbocycles. The normalized spacial score (nSPS) is 19.6. The zero-order chi connectivity index (χ0) is 11.5. The number of aromatic nitrogens is 2. The number of nitrogens with zero attached hydrogens (tertiary/aromatic N) is 2. The van der Waals surface area contributed by atoms with E-state index in [1.165, 1.54) is 6.42 Å². The molecule has 3 rings (SSSR count). The first-order valence-corrected chi connectivity index (χ1v) is 5.97. The molecular formula is C13H15N3O. The van der Waals surface area contributed by atoms with Gasteiger partial charge in [0.05, 0.1) is 23.8 Å². The molecule has 1 atom stereocenters. The minimum absolute atomic E-state index is 0.600. The summed E-state index contributed by atoms with van der Waals surface area (Å²) in [6.07, 6.45) is 2.88. The Morgan fingerprint density at radius 1 is 1.29 bits per heavy atom. The van der Waals surface area contributed by atoms with Gasteiger partial charge in [0.2, 0.25) is 5.88 Å². The van der Waals surface area contributed by atoms with E-state index in [1.807, 2.05) is 24.3 Å². The summed E-state index contributed by atoms with van der Waals surface area (Å²) in [5, 5.41) is 3.32. The second kappa shape index (κ2) is 4.67. The molecule has 0 spiro atoms. The van der Waals surface area contributed by atoms with E-state index in [2.05, 4.69) is 15.3 Å². The zero-order valence-electron chi connectivity index (χ0n) is 9.60. The quantitative estimate of drug-likeness (QED) is 0.868. The summed E-state index contributed by atoms with van der Waals surface area (Å²) < 4.78 is 5.68. The number of nitrogens with one attached hydrogen (secondary N) is 1. The van der Waals surface area contributed by atoms with Gasteiger partial charge in [-0.3, -0.25) is 0 Å². The van der Waals surface area contributed by atoms with E-state index < -0.39 is 0 Å². The Hall–Kier alpha value is -1.68. The van der Waals surface area contributed by atoms with Gasteiger partial charge in [-0.25, -0.2) is 9.97 Å². The van der Waals surface area contributed by atoms with Crippen molar-refractivity contribution in [2.75, 3.05) is 19.7 Å². The predicted octanol–water partition coefficient (Wildman–Crippen LogP) is 1.62. The number of fused-ring (bicyclic) bond motifs is 1. The van der Waals surface area contributed by atoms with Gasteiger partial charge >= 0.3 is 0 Å². The molecule has 1 saturated heterocycles. The van der Waals surface area contributed by atoms with Crippen LogP contribution in [0.15, 0.2) is 30.5 Å². The molecule has 17 heavy (non-hydrogen) atoms. The van der Waals surface area contributed by atoms with E-state index in [4.69, 9.17) is 4.74 Å². The molecule has 4 heteroatoms. The highest BCUT2D eigenvalue weighted by atomic mass is 16.5. The van der Waals surface area contributed by atoms with Crippen molar-refractivity contribution in [3.63, 3.8) is 0 Å². The van der Waals surface area contributed by atoms with Gasteiger partial charge in [-0.15, -0.1) is 0 Å². The highest BCUT2D eigenvalue weighted by Gasteiger charge is 2.15. The molecule has 88 valence electrons. The molecule has 2 aromatic rings. The van der Waals surface area contributed by atoms with Gasteiger partial charge in [0.1, 0.15) is 0 Å². The van der Waals surface area contributed by atoms with Gasteiger partial charge in [0, 0.05) is 12.5 Å². The molecule has 0 aliphatic carbocycles. The van der Waals surface area contributed by atoms with E-state index in [-0.39, 0.29) is 0 Å². The molecule has 0 amide bonds. The Morgan fingerprint density at radius 2 is 2.18 bits per heavy atom. The summed E-state index contributed by atoms with van der Waals surface area (Å²) >= 11 is 0. The molecule has 1 fully saturated rings. The van der Waals surface area contributed by atoms with Crippen LogP contribution in [0.3, 0.4) is 0 Å². The third kappa shape index (κ3) is 2.36. The number of para-hydroxylation sites is 2. The first-order valence-electron chi connectivity index (χ1n) is 5.97. The van der Waals surface area contributed by atoms with Crippen molar-refractivity contribution < 1.29 is 4.74 Å². The molecule has 2 heterocycles. The van der Waals surface area contributed by atoms with Gasteiger partial charge in [-0.2, -0.15) is 0 Å². The van der Waals surface area contributed by atoms with Crippen molar-refractivity contribution in [1.82, 2.24) is 15.3 Å². The molecule has 1 aromatic heterocycles. The third-order valence-corrected chi connectivity index (χ3v) is 3.06. The van der Waals surface area contributed by atoms with Crippen LogP contribution in [-0.2, 0) is 0 Å². The number of ether oxygens (including phenoxy) is 1. The van der Waals surface area contributed by atoms with Crippen LogP contribution in [0.5, 0.6) is 5.88 Å². The van der Waals surface area contributed by atoms with Crippen molar-refractivity contribution in [3.05, 3.63) is 30.5 Å². The van der Waals surface area contributed by atoms with Gasteiger partial charge in [-0.05, 0) is 25.1 Å². The van der Waals surface area contributed by atoms with E-state index in [9.17, 15) is 0 Å². The number of benzene rings is 1. The lowest BCUT2D eigenvalue weighted by molar-refractivity contribution is 0.251. The lowest BCUT2D eigenvalue weighted by atomic mass is 10.1. The highest BCUT2D eigenvalue weighted by molar-refractivity contribution is 5.73. The van der Waals surface area contributed by atoms with Crippen LogP contribution in [0.2, 0.25) is 0 Å². The van der Waals surface area contributed by atoms with E-state index in [0.29, 0.717) is 11.8 Å². The summed E-state index contributed by atoms with van der Waals surface area (Å²) in [7, 11) is 0. The third-order valence-electron chi connectivity index (χ3n) is 3.06. The number of hydrogen-bond acceptors (Lipinski definition) is 4. The predicted molar refractivity (Wildman–Crippen MR) is 66.0 cm³/mol. The monoisotopic (exact) mass is 229 g/mol. The molecule has 1 aromatic carbocycles. The second-order valence-electron chi connectivity index (χ2n) is 4.37. The number of rotatable bonds is 3. The average molecular weight is 229 g/mol. The van der Waals surface area contributed by atoms with Gasteiger partial charge in [-0.1, -0.05) is 12.1 Å². The smallest absolute Gasteiger partial charge is 0.232 e. The Bertz CT molecular complexity index is 509. The topological polar surface area (TPSA) is 47.0 Å². The van der Waals surface area contributed by atoms with Crippen molar-refractivity contribution in [2.45, 2.75) is 6.42 Å². The molecule has 0 radical (unpaired) electrons. The van der Waals surface area contributed by atoms with Crippen LogP contribution >= 0.6 is 0 Å². The minimum atomic E-state index is 0.600. The Morgan fingerprint density at radius 3 is 3.00 bits per heavy atom. The summed E-state index contributed by atoms with van der Waals surface area (Å²) in [5.74, 6) is 1.22. The summed E-state index contributed by atoms with van der Waals surface area (Å²) in [6.45, 7) is 2.86. The van der Waals surface area contributed by atoms with Crippen LogP contribution in [0.1, 0.15) is 6.42 Å². The fraction of sp³-hybridized carbons (Fsp3) is 0.385. The van der Waals surface area contributed by atoms with Crippen molar-refractivity contribution in [3.8, 4) is 5.88 Å². The lowest BCUT2D eigenvalue weighted by Crippen LogP contribution is -2.15. The molecule has 0 bridgehead atoms. The highest BCUT2D eigenvalue weighted by Crippen LogP contribution is 2.15. The molecular weight excluding hydrogens is 214 g/mol. The Balaban J connectivity index is 1.72. The fourth-order valence-corrected chi connectivity index (χ4v) is 2.07. The lowest BCUT2D eigenvalue weighted by Gasteiger charge is -2.09. The molecule has 4 nitrogen and oxygen atoms in total. The van der Waals surface area contributed by atoms with Crippen LogP contribution in [0, 0.1) is 5.92 Å². The van der Waals surface area contributed by atoms with Crippen LogP contribution in [0.25, 0.3) is 11.0 Å². The van der Waals surface area contributed by atoms with E-state index in [0.717, 1.165) is 30.7 Å². The first kappa shape index (κ1) is 10.5.